The molecule has 1 fully saturated rings. The highest BCUT2D eigenvalue weighted by Gasteiger charge is 2.27. The Kier molecular flexibility index (Phi) is 3.11. The molecule has 0 aliphatic carbocycles. The van der Waals surface area contributed by atoms with Gasteiger partial charge in [0.1, 0.15) is 5.82 Å². The second-order valence-electron chi connectivity index (χ2n) is 4.99. The van der Waals surface area contributed by atoms with E-state index in [-0.39, 0.29) is 0 Å². The summed E-state index contributed by atoms with van der Waals surface area (Å²) in [6.45, 7) is 5.90. The Bertz CT molecular complexity index is 549. The van der Waals surface area contributed by atoms with E-state index in [2.05, 4.69) is 24.8 Å². The van der Waals surface area contributed by atoms with Crippen molar-refractivity contribution < 1.29 is 0 Å². The average molecular weight is 255 g/mol. The molecule has 1 saturated heterocycles. The smallest absolute Gasteiger partial charge is 0.225 e. The first-order chi connectivity index (χ1) is 9.22. The second kappa shape index (κ2) is 4.91. The maximum Gasteiger partial charge on any atom is 0.225 e. The number of anilines is 1. The van der Waals surface area contributed by atoms with Crippen LogP contribution in [0.3, 0.4) is 0 Å². The summed E-state index contributed by atoms with van der Waals surface area (Å²) in [5, 5.41) is 0. The predicted octanol–water partition coefficient (Wildman–Crippen LogP) is 1.88. The fourth-order valence-electron chi connectivity index (χ4n) is 2.54. The van der Waals surface area contributed by atoms with E-state index in [1.165, 1.54) is 0 Å². The third-order valence-electron chi connectivity index (χ3n) is 3.39. The molecule has 5 heteroatoms. The SMILES string of the molecule is Cc1cc(C)nc([C@H]2CCN(c3ncccn3)C2)n1. The lowest BCUT2D eigenvalue weighted by Gasteiger charge is -2.15. The molecule has 3 heterocycles. The number of aryl methyl sites for hydroxylation is 2. The van der Waals surface area contributed by atoms with Gasteiger partial charge in [0.2, 0.25) is 5.95 Å². The van der Waals surface area contributed by atoms with Gasteiger partial charge in [0.25, 0.3) is 0 Å². The van der Waals surface area contributed by atoms with E-state index in [1.807, 2.05) is 26.0 Å². The molecule has 0 amide bonds. The summed E-state index contributed by atoms with van der Waals surface area (Å²) >= 11 is 0. The maximum atomic E-state index is 4.57. The summed E-state index contributed by atoms with van der Waals surface area (Å²) in [5.74, 6) is 2.13. The Hall–Kier alpha value is -2.04. The van der Waals surface area contributed by atoms with Crippen LogP contribution in [-0.4, -0.2) is 33.0 Å². The van der Waals surface area contributed by atoms with E-state index in [9.17, 15) is 0 Å². The van der Waals surface area contributed by atoms with E-state index in [4.69, 9.17) is 0 Å². The van der Waals surface area contributed by atoms with E-state index in [0.717, 1.165) is 42.7 Å². The fourth-order valence-corrected chi connectivity index (χ4v) is 2.54. The molecule has 0 unspecified atom stereocenters. The Labute approximate surface area is 112 Å². The zero-order valence-corrected chi connectivity index (χ0v) is 11.2. The highest BCUT2D eigenvalue weighted by atomic mass is 15.3. The standard InChI is InChI=1S/C14H17N5/c1-10-8-11(2)18-13(17-10)12-4-7-19(9-12)14-15-5-3-6-16-14/h3,5-6,8,12H,4,7,9H2,1-2H3/t12-/m0/s1. The van der Waals surface area contributed by atoms with Crippen LogP contribution in [0.1, 0.15) is 29.6 Å². The molecule has 1 aliphatic rings. The Morgan fingerprint density at radius 3 is 2.47 bits per heavy atom. The summed E-state index contributed by atoms with van der Waals surface area (Å²) in [6.07, 6.45) is 4.62. The fraction of sp³-hybridized carbons (Fsp3) is 0.429. The van der Waals surface area contributed by atoms with Crippen LogP contribution in [0.2, 0.25) is 0 Å². The molecule has 2 aromatic rings. The topological polar surface area (TPSA) is 54.8 Å². The third-order valence-corrected chi connectivity index (χ3v) is 3.39. The van der Waals surface area contributed by atoms with Gasteiger partial charge in [0, 0.05) is 42.8 Å². The van der Waals surface area contributed by atoms with Gasteiger partial charge >= 0.3 is 0 Å². The molecule has 0 spiro atoms. The largest absolute Gasteiger partial charge is 0.340 e. The van der Waals surface area contributed by atoms with Gasteiger partial charge in [-0.1, -0.05) is 0 Å². The van der Waals surface area contributed by atoms with E-state index in [1.54, 1.807) is 12.4 Å². The first-order valence-corrected chi connectivity index (χ1v) is 6.56. The van der Waals surface area contributed by atoms with Gasteiger partial charge in [0.15, 0.2) is 0 Å². The molecule has 3 rings (SSSR count). The van der Waals surface area contributed by atoms with Crippen LogP contribution in [0.25, 0.3) is 0 Å². The first-order valence-electron chi connectivity index (χ1n) is 6.56. The van der Waals surface area contributed by atoms with E-state index >= 15 is 0 Å². The first kappa shape index (κ1) is 12.0. The molecule has 98 valence electrons. The number of rotatable bonds is 2. The highest BCUT2D eigenvalue weighted by molar-refractivity contribution is 5.32. The minimum absolute atomic E-state index is 0.377. The number of aromatic nitrogens is 4. The van der Waals surface area contributed by atoms with E-state index in [0.29, 0.717) is 5.92 Å². The van der Waals surface area contributed by atoms with E-state index < -0.39 is 0 Å². The summed E-state index contributed by atoms with van der Waals surface area (Å²) in [5.41, 5.74) is 2.08. The molecule has 0 radical (unpaired) electrons. The monoisotopic (exact) mass is 255 g/mol. The van der Waals surface area contributed by atoms with Gasteiger partial charge in [-0.15, -0.1) is 0 Å². The van der Waals surface area contributed by atoms with Crippen LogP contribution in [0.4, 0.5) is 5.95 Å². The van der Waals surface area contributed by atoms with Gasteiger partial charge in [-0.25, -0.2) is 19.9 Å². The summed E-state index contributed by atoms with van der Waals surface area (Å²) in [4.78, 5) is 19.9. The van der Waals surface area contributed by atoms with Gasteiger partial charge in [-0.3, -0.25) is 0 Å². The van der Waals surface area contributed by atoms with Crippen LogP contribution < -0.4 is 4.90 Å². The van der Waals surface area contributed by atoms with Gasteiger partial charge in [-0.2, -0.15) is 0 Å². The van der Waals surface area contributed by atoms with Crippen molar-refractivity contribution in [2.45, 2.75) is 26.2 Å². The average Bonchev–Trinajstić information content (AvgIpc) is 2.88. The maximum absolute atomic E-state index is 4.57. The van der Waals surface area contributed by atoms with Crippen LogP contribution in [0, 0.1) is 13.8 Å². The van der Waals surface area contributed by atoms with Crippen LogP contribution in [0.5, 0.6) is 0 Å². The van der Waals surface area contributed by atoms with Crippen molar-refractivity contribution in [3.8, 4) is 0 Å². The van der Waals surface area contributed by atoms with Gasteiger partial charge < -0.3 is 4.90 Å². The number of hydrogen-bond acceptors (Lipinski definition) is 5. The quantitative estimate of drug-likeness (QED) is 0.820. The van der Waals surface area contributed by atoms with Crippen molar-refractivity contribution in [3.05, 3.63) is 41.7 Å². The van der Waals surface area contributed by atoms with Crippen molar-refractivity contribution in [2.24, 2.45) is 0 Å². The van der Waals surface area contributed by atoms with Gasteiger partial charge in [0.05, 0.1) is 0 Å². The van der Waals surface area contributed by atoms with Gasteiger partial charge in [-0.05, 0) is 32.4 Å². The van der Waals surface area contributed by atoms with Crippen LogP contribution in [0.15, 0.2) is 24.5 Å². The molecule has 1 aliphatic heterocycles. The third kappa shape index (κ3) is 2.54. The molecule has 19 heavy (non-hydrogen) atoms. The van der Waals surface area contributed by atoms with Crippen molar-refractivity contribution in [3.63, 3.8) is 0 Å². The molecular weight excluding hydrogens is 238 g/mol. The molecule has 5 nitrogen and oxygen atoms in total. The summed E-state index contributed by atoms with van der Waals surface area (Å²) in [6, 6.07) is 3.85. The minimum atomic E-state index is 0.377. The van der Waals surface area contributed by atoms with Crippen LogP contribution in [-0.2, 0) is 0 Å². The normalized spacial score (nSPS) is 18.8. The van der Waals surface area contributed by atoms with Crippen molar-refractivity contribution in [1.29, 1.82) is 0 Å². The minimum Gasteiger partial charge on any atom is -0.340 e. The number of hydrogen-bond donors (Lipinski definition) is 0. The zero-order chi connectivity index (χ0) is 13.2. The zero-order valence-electron chi connectivity index (χ0n) is 11.2. The molecule has 0 saturated carbocycles. The van der Waals surface area contributed by atoms with Crippen LogP contribution >= 0.6 is 0 Å². The lowest BCUT2D eigenvalue weighted by atomic mass is 10.1. The Balaban J connectivity index is 1.79. The van der Waals surface area contributed by atoms with Crippen molar-refractivity contribution in [1.82, 2.24) is 19.9 Å². The molecule has 0 aromatic carbocycles. The lowest BCUT2D eigenvalue weighted by Crippen LogP contribution is -2.22. The Morgan fingerprint density at radius 2 is 1.79 bits per heavy atom. The predicted molar refractivity (Wildman–Crippen MR) is 73.1 cm³/mol. The summed E-state index contributed by atoms with van der Waals surface area (Å²) in [7, 11) is 0. The van der Waals surface area contributed by atoms with Crippen molar-refractivity contribution >= 4 is 5.95 Å². The highest BCUT2D eigenvalue weighted by Crippen LogP contribution is 2.27. The lowest BCUT2D eigenvalue weighted by molar-refractivity contribution is 0.698. The molecule has 1 atom stereocenters. The molecule has 0 bridgehead atoms. The number of nitrogens with zero attached hydrogens (tertiary/aromatic N) is 5. The second-order valence-corrected chi connectivity index (χ2v) is 4.99. The molecule has 2 aromatic heterocycles. The molecular formula is C14H17N5. The van der Waals surface area contributed by atoms with Crippen molar-refractivity contribution in [2.75, 3.05) is 18.0 Å². The molecule has 0 N–H and O–H groups in total. The summed E-state index contributed by atoms with van der Waals surface area (Å²) < 4.78 is 0. The Morgan fingerprint density at radius 1 is 1.11 bits per heavy atom.